The van der Waals surface area contributed by atoms with Crippen LogP contribution in [0.3, 0.4) is 0 Å². The highest BCUT2D eigenvalue weighted by molar-refractivity contribution is 7.90. The van der Waals surface area contributed by atoms with Crippen molar-refractivity contribution in [2.45, 2.75) is 50.6 Å². The molecule has 0 bridgehead atoms. The molecule has 9 nitrogen and oxygen atoms in total. The van der Waals surface area contributed by atoms with Crippen molar-refractivity contribution in [1.82, 2.24) is 24.4 Å². The fourth-order valence-corrected chi connectivity index (χ4v) is 5.23. The summed E-state index contributed by atoms with van der Waals surface area (Å²) < 4.78 is 44.2. The normalized spacial score (nSPS) is 12.1. The Balaban J connectivity index is 1.94. The van der Waals surface area contributed by atoms with Crippen LogP contribution in [-0.2, 0) is 26.8 Å². The van der Waals surface area contributed by atoms with Crippen LogP contribution in [0.4, 0.5) is 4.39 Å². The Morgan fingerprint density at radius 2 is 1.95 bits per heavy atom. The SMILES string of the molecule is CC(C)c1cc(F)cc(-c2ccnc(C#N)c2)c1CC(=O)NS(=O)(=O)c1ccn(C(C)(C)CN(C)C)n1. The van der Waals surface area contributed by atoms with Crippen LogP contribution >= 0.6 is 0 Å². The molecule has 3 aromatic rings. The Hall–Kier alpha value is -3.62. The summed E-state index contributed by atoms with van der Waals surface area (Å²) in [6, 6.07) is 9.01. The number of rotatable bonds is 9. The van der Waals surface area contributed by atoms with E-state index >= 15 is 0 Å². The first-order valence-corrected chi connectivity index (χ1v) is 13.2. The number of likely N-dealkylation sites (N-methyl/N-ethyl adjacent to an activating group) is 1. The molecule has 1 N–H and O–H groups in total. The zero-order valence-corrected chi connectivity index (χ0v) is 22.6. The van der Waals surface area contributed by atoms with E-state index in [-0.39, 0.29) is 23.1 Å². The molecular formula is C26H31FN6O3S. The lowest BCUT2D eigenvalue weighted by atomic mass is 9.88. The number of sulfonamides is 1. The third kappa shape index (κ3) is 6.58. The number of benzene rings is 1. The van der Waals surface area contributed by atoms with E-state index in [1.807, 2.05) is 52.8 Å². The molecule has 2 aromatic heterocycles. The van der Waals surface area contributed by atoms with Crippen LogP contribution in [0.2, 0.25) is 0 Å². The van der Waals surface area contributed by atoms with E-state index in [1.165, 1.54) is 30.5 Å². The van der Waals surface area contributed by atoms with Crippen LogP contribution in [-0.4, -0.2) is 54.6 Å². The lowest BCUT2D eigenvalue weighted by Gasteiger charge is -2.28. The molecule has 1 aromatic carbocycles. The van der Waals surface area contributed by atoms with E-state index in [4.69, 9.17) is 0 Å². The molecular weight excluding hydrogens is 495 g/mol. The van der Waals surface area contributed by atoms with Crippen LogP contribution in [0.1, 0.15) is 50.4 Å². The number of nitrogens with zero attached hydrogens (tertiary/aromatic N) is 5. The molecule has 37 heavy (non-hydrogen) atoms. The van der Waals surface area contributed by atoms with Gasteiger partial charge in [-0.05, 0) is 86.4 Å². The predicted molar refractivity (Wildman–Crippen MR) is 138 cm³/mol. The Labute approximate surface area is 217 Å². The number of amides is 1. The monoisotopic (exact) mass is 526 g/mol. The number of halogens is 1. The fourth-order valence-electron chi connectivity index (χ4n) is 4.32. The number of carbonyl (C=O) groups is 1. The van der Waals surface area contributed by atoms with Gasteiger partial charge in [0.1, 0.15) is 17.6 Å². The zero-order valence-electron chi connectivity index (χ0n) is 21.8. The lowest BCUT2D eigenvalue weighted by molar-refractivity contribution is -0.118. The summed E-state index contributed by atoms with van der Waals surface area (Å²) in [5.74, 6) is -1.44. The number of pyridine rings is 1. The molecule has 2 heterocycles. The minimum Gasteiger partial charge on any atom is -0.307 e. The molecule has 0 atom stereocenters. The highest BCUT2D eigenvalue weighted by Gasteiger charge is 2.27. The standard InChI is InChI=1S/C26H31FN6O3S/c1-17(2)21-12-19(27)13-22(18-7-9-29-20(11-18)15-28)23(21)14-24(34)31-37(35,36)25-8-10-33(30-25)26(3,4)16-32(5)6/h7-13,17H,14,16H2,1-6H3,(H,31,34). The summed E-state index contributed by atoms with van der Waals surface area (Å²) in [6.45, 7) is 8.18. The minimum absolute atomic E-state index is 0.138. The van der Waals surface area contributed by atoms with Gasteiger partial charge in [0.2, 0.25) is 5.91 Å². The van der Waals surface area contributed by atoms with E-state index in [0.717, 1.165) is 0 Å². The number of nitrogens with one attached hydrogen (secondary N) is 1. The van der Waals surface area contributed by atoms with Crippen molar-refractivity contribution in [3.8, 4) is 17.2 Å². The van der Waals surface area contributed by atoms with Gasteiger partial charge >= 0.3 is 0 Å². The largest absolute Gasteiger partial charge is 0.307 e. The summed E-state index contributed by atoms with van der Waals surface area (Å²) in [6.07, 6.45) is 2.67. The molecule has 0 aliphatic carbocycles. The molecule has 0 unspecified atom stereocenters. The highest BCUT2D eigenvalue weighted by Crippen LogP contribution is 2.32. The molecule has 0 fully saturated rings. The molecule has 0 saturated carbocycles. The average molecular weight is 527 g/mol. The topological polar surface area (TPSA) is 121 Å². The van der Waals surface area contributed by atoms with Crippen LogP contribution in [0.15, 0.2) is 47.8 Å². The predicted octanol–water partition coefficient (Wildman–Crippen LogP) is 3.42. The summed E-state index contributed by atoms with van der Waals surface area (Å²) in [5, 5.41) is 13.2. The first-order valence-electron chi connectivity index (χ1n) is 11.7. The van der Waals surface area contributed by atoms with Gasteiger partial charge in [0, 0.05) is 18.9 Å². The van der Waals surface area contributed by atoms with E-state index in [2.05, 4.69) is 14.8 Å². The molecule has 0 saturated heterocycles. The van der Waals surface area contributed by atoms with Gasteiger partial charge < -0.3 is 4.90 Å². The Morgan fingerprint density at radius 1 is 1.24 bits per heavy atom. The van der Waals surface area contributed by atoms with Crippen molar-refractivity contribution in [2.75, 3.05) is 20.6 Å². The summed E-state index contributed by atoms with van der Waals surface area (Å²) in [4.78, 5) is 18.9. The van der Waals surface area contributed by atoms with Gasteiger partial charge in [-0.15, -0.1) is 0 Å². The van der Waals surface area contributed by atoms with E-state index in [1.54, 1.807) is 16.9 Å². The third-order valence-electron chi connectivity index (χ3n) is 5.81. The van der Waals surface area contributed by atoms with Gasteiger partial charge in [-0.2, -0.15) is 18.8 Å². The van der Waals surface area contributed by atoms with Gasteiger partial charge in [0.25, 0.3) is 10.0 Å². The van der Waals surface area contributed by atoms with E-state index in [9.17, 15) is 22.9 Å². The second-order valence-electron chi connectivity index (χ2n) is 10.1. The number of hydrogen-bond acceptors (Lipinski definition) is 7. The van der Waals surface area contributed by atoms with Crippen molar-refractivity contribution in [2.24, 2.45) is 0 Å². The summed E-state index contributed by atoms with van der Waals surface area (Å²) in [5.41, 5.74) is 1.58. The zero-order chi connectivity index (χ0) is 27.5. The van der Waals surface area contributed by atoms with E-state index < -0.39 is 27.3 Å². The Kier molecular flexibility index (Phi) is 8.15. The molecule has 3 rings (SSSR count). The third-order valence-corrected chi connectivity index (χ3v) is 7.07. The molecule has 0 aliphatic heterocycles. The van der Waals surface area contributed by atoms with Crippen molar-refractivity contribution in [3.63, 3.8) is 0 Å². The van der Waals surface area contributed by atoms with Crippen LogP contribution in [0.5, 0.6) is 0 Å². The molecule has 0 aliphatic rings. The number of hydrogen-bond donors (Lipinski definition) is 1. The average Bonchev–Trinajstić information content (AvgIpc) is 3.31. The summed E-state index contributed by atoms with van der Waals surface area (Å²) >= 11 is 0. The molecule has 0 radical (unpaired) electrons. The van der Waals surface area contributed by atoms with Crippen molar-refractivity contribution < 1.29 is 17.6 Å². The van der Waals surface area contributed by atoms with Gasteiger partial charge in [0.05, 0.1) is 12.0 Å². The van der Waals surface area contributed by atoms with Crippen LogP contribution in [0.25, 0.3) is 11.1 Å². The highest BCUT2D eigenvalue weighted by atomic mass is 32.2. The van der Waals surface area contributed by atoms with Crippen molar-refractivity contribution in [3.05, 3.63) is 65.4 Å². The lowest BCUT2D eigenvalue weighted by Crippen LogP contribution is -2.38. The maximum atomic E-state index is 14.6. The van der Waals surface area contributed by atoms with Crippen molar-refractivity contribution in [1.29, 1.82) is 5.26 Å². The number of nitriles is 1. The number of aromatic nitrogens is 3. The first-order chi connectivity index (χ1) is 17.2. The fraction of sp³-hybridized carbons (Fsp3) is 0.385. The van der Waals surface area contributed by atoms with Crippen LogP contribution < -0.4 is 4.72 Å². The Bertz CT molecular complexity index is 1460. The number of carbonyl (C=O) groups excluding carboxylic acids is 1. The second-order valence-corrected chi connectivity index (χ2v) is 11.7. The summed E-state index contributed by atoms with van der Waals surface area (Å²) in [7, 11) is -0.433. The van der Waals surface area contributed by atoms with Crippen LogP contribution in [0, 0.1) is 17.1 Å². The maximum absolute atomic E-state index is 14.6. The van der Waals surface area contributed by atoms with E-state index in [0.29, 0.717) is 28.8 Å². The maximum Gasteiger partial charge on any atom is 0.283 e. The minimum atomic E-state index is -4.25. The quantitative estimate of drug-likeness (QED) is 0.453. The van der Waals surface area contributed by atoms with Gasteiger partial charge in [-0.25, -0.2) is 14.1 Å². The molecule has 1 amide bonds. The second kappa shape index (κ2) is 10.8. The molecule has 11 heteroatoms. The van der Waals surface area contributed by atoms with Crippen molar-refractivity contribution >= 4 is 15.9 Å². The van der Waals surface area contributed by atoms with Gasteiger partial charge in [0.15, 0.2) is 5.03 Å². The molecule has 196 valence electrons. The smallest absolute Gasteiger partial charge is 0.283 e. The van der Waals surface area contributed by atoms with Gasteiger partial charge in [-0.1, -0.05) is 13.8 Å². The Morgan fingerprint density at radius 3 is 2.57 bits per heavy atom. The molecule has 0 spiro atoms. The van der Waals surface area contributed by atoms with Gasteiger partial charge in [-0.3, -0.25) is 9.48 Å². The first kappa shape index (κ1) is 28.0.